The van der Waals surface area contributed by atoms with Gasteiger partial charge in [-0.25, -0.2) is 0 Å². The van der Waals surface area contributed by atoms with E-state index in [1.54, 1.807) is 5.38 Å². The number of aromatic nitrogens is 1. The Morgan fingerprint density at radius 3 is 2.94 bits per heavy atom. The number of aromatic amines is 1. The topological polar surface area (TPSA) is 85.8 Å². The van der Waals surface area contributed by atoms with Gasteiger partial charge >= 0.3 is 4.87 Å². The molecular weight excluding hydrogens is 238 g/mol. The number of amides is 1. The average molecular weight is 251 g/mol. The molecule has 1 saturated carbocycles. The van der Waals surface area contributed by atoms with Crippen molar-refractivity contribution in [2.75, 3.05) is 0 Å². The van der Waals surface area contributed by atoms with Crippen molar-refractivity contribution >= 4 is 17.2 Å². The summed E-state index contributed by atoms with van der Waals surface area (Å²) in [5.41, 5.74) is -0.177. The van der Waals surface area contributed by atoms with Crippen molar-refractivity contribution in [3.8, 4) is 6.07 Å². The predicted molar refractivity (Wildman–Crippen MR) is 63.2 cm³/mol. The lowest BCUT2D eigenvalue weighted by atomic mass is 9.63. The van der Waals surface area contributed by atoms with E-state index < -0.39 is 5.41 Å². The number of rotatable bonds is 3. The van der Waals surface area contributed by atoms with Crippen molar-refractivity contribution in [3.05, 3.63) is 20.7 Å². The quantitative estimate of drug-likeness (QED) is 0.840. The summed E-state index contributed by atoms with van der Waals surface area (Å²) in [4.78, 5) is 25.3. The number of hydrogen-bond acceptors (Lipinski definition) is 4. The van der Waals surface area contributed by atoms with Gasteiger partial charge in [-0.2, -0.15) is 5.26 Å². The third kappa shape index (κ3) is 2.24. The molecule has 6 heteroatoms. The van der Waals surface area contributed by atoms with Gasteiger partial charge in [0.15, 0.2) is 0 Å². The molecular formula is C11H13N3O2S. The zero-order valence-electron chi connectivity index (χ0n) is 9.45. The minimum absolute atomic E-state index is 0.137. The number of nitriles is 1. The highest BCUT2D eigenvalue weighted by Gasteiger charge is 2.48. The summed E-state index contributed by atoms with van der Waals surface area (Å²) < 4.78 is 0. The SMILES string of the molecule is CC1CC(C#N)(C(=O)NCc2csc(=O)[nH]2)C1. The lowest BCUT2D eigenvalue weighted by Crippen LogP contribution is -2.47. The zero-order valence-corrected chi connectivity index (χ0v) is 10.3. The number of nitrogens with zero attached hydrogens (tertiary/aromatic N) is 1. The van der Waals surface area contributed by atoms with Gasteiger partial charge in [0.2, 0.25) is 5.91 Å². The number of carbonyl (C=O) groups excluding carboxylic acids is 1. The van der Waals surface area contributed by atoms with Crippen LogP contribution in [0.5, 0.6) is 0 Å². The Morgan fingerprint density at radius 1 is 1.76 bits per heavy atom. The molecule has 0 aromatic carbocycles. The fourth-order valence-electron chi connectivity index (χ4n) is 2.20. The second-order valence-corrected chi connectivity index (χ2v) is 5.41. The molecule has 0 saturated heterocycles. The highest BCUT2D eigenvalue weighted by molar-refractivity contribution is 7.07. The van der Waals surface area contributed by atoms with E-state index in [-0.39, 0.29) is 17.3 Å². The predicted octanol–water partition coefficient (Wildman–Crippen LogP) is 0.992. The first-order valence-corrected chi connectivity index (χ1v) is 6.30. The first-order valence-electron chi connectivity index (χ1n) is 5.42. The fourth-order valence-corrected chi connectivity index (χ4v) is 2.78. The summed E-state index contributed by atoms with van der Waals surface area (Å²) in [6, 6.07) is 2.11. The molecule has 1 amide bonds. The molecule has 0 unspecified atom stereocenters. The van der Waals surface area contributed by atoms with E-state index in [0.29, 0.717) is 24.5 Å². The molecule has 0 bridgehead atoms. The van der Waals surface area contributed by atoms with Crippen LogP contribution in [0.2, 0.25) is 0 Å². The molecule has 1 aliphatic carbocycles. The third-order valence-corrected chi connectivity index (χ3v) is 3.77. The number of nitrogens with one attached hydrogen (secondary N) is 2. The molecule has 1 aromatic heterocycles. The van der Waals surface area contributed by atoms with Gasteiger partial charge in [0, 0.05) is 11.1 Å². The van der Waals surface area contributed by atoms with Gasteiger partial charge in [0.1, 0.15) is 5.41 Å². The molecule has 0 aliphatic heterocycles. The van der Waals surface area contributed by atoms with E-state index >= 15 is 0 Å². The van der Waals surface area contributed by atoms with Gasteiger partial charge in [0.25, 0.3) is 0 Å². The van der Waals surface area contributed by atoms with Crippen LogP contribution in [0.25, 0.3) is 0 Å². The number of hydrogen-bond donors (Lipinski definition) is 2. The number of thiazole rings is 1. The van der Waals surface area contributed by atoms with Crippen molar-refractivity contribution in [2.45, 2.75) is 26.3 Å². The van der Waals surface area contributed by atoms with Crippen LogP contribution in [0, 0.1) is 22.7 Å². The standard InChI is InChI=1S/C11H13N3O2S/c1-7-2-11(3-7,6-12)9(15)13-4-8-5-17-10(16)14-8/h5,7H,2-4H2,1H3,(H,13,15)(H,14,16). The van der Waals surface area contributed by atoms with Crippen LogP contribution in [0.3, 0.4) is 0 Å². The average Bonchev–Trinajstić information content (AvgIpc) is 2.67. The van der Waals surface area contributed by atoms with E-state index in [1.807, 2.05) is 6.92 Å². The Bertz CT molecular complexity index is 519. The molecule has 0 spiro atoms. The summed E-state index contributed by atoms with van der Waals surface area (Å²) >= 11 is 1.06. The lowest BCUT2D eigenvalue weighted by molar-refractivity contribution is -0.134. The normalized spacial score (nSPS) is 26.9. The minimum Gasteiger partial charge on any atom is -0.349 e. The summed E-state index contributed by atoms with van der Waals surface area (Å²) in [7, 11) is 0. The van der Waals surface area contributed by atoms with Crippen molar-refractivity contribution < 1.29 is 4.79 Å². The van der Waals surface area contributed by atoms with E-state index in [0.717, 1.165) is 11.3 Å². The second-order valence-electron chi connectivity index (χ2n) is 4.56. The van der Waals surface area contributed by atoms with Crippen LogP contribution in [-0.4, -0.2) is 10.9 Å². The summed E-state index contributed by atoms with van der Waals surface area (Å²) in [5, 5.41) is 13.4. The zero-order chi connectivity index (χ0) is 12.5. The van der Waals surface area contributed by atoms with E-state index in [1.165, 1.54) is 0 Å². The molecule has 1 aliphatic rings. The van der Waals surface area contributed by atoms with Gasteiger partial charge in [0.05, 0.1) is 12.6 Å². The van der Waals surface area contributed by atoms with Crippen LogP contribution >= 0.6 is 11.3 Å². The van der Waals surface area contributed by atoms with Gasteiger partial charge in [-0.15, -0.1) is 0 Å². The number of H-pyrrole nitrogens is 1. The van der Waals surface area contributed by atoms with Crippen molar-refractivity contribution in [3.63, 3.8) is 0 Å². The highest BCUT2D eigenvalue weighted by atomic mass is 32.1. The summed E-state index contributed by atoms with van der Waals surface area (Å²) in [5.74, 6) is 0.200. The lowest BCUT2D eigenvalue weighted by Gasteiger charge is -2.39. The third-order valence-electron chi connectivity index (χ3n) is 3.05. The van der Waals surface area contributed by atoms with Crippen LogP contribution in [0.4, 0.5) is 0 Å². The first-order chi connectivity index (χ1) is 8.05. The minimum atomic E-state index is -0.851. The molecule has 90 valence electrons. The maximum atomic E-state index is 11.9. The monoisotopic (exact) mass is 251 g/mol. The number of carbonyl (C=O) groups is 1. The Hall–Kier alpha value is -1.61. The second kappa shape index (κ2) is 4.34. The molecule has 1 fully saturated rings. The summed E-state index contributed by atoms with van der Waals surface area (Å²) in [6.45, 7) is 2.30. The molecule has 1 heterocycles. The Labute approximate surface area is 102 Å². The molecule has 0 atom stereocenters. The summed E-state index contributed by atoms with van der Waals surface area (Å²) in [6.07, 6.45) is 1.24. The Balaban J connectivity index is 1.94. The largest absolute Gasteiger partial charge is 0.349 e. The van der Waals surface area contributed by atoms with Crippen LogP contribution < -0.4 is 10.2 Å². The maximum absolute atomic E-state index is 11.9. The van der Waals surface area contributed by atoms with Gasteiger partial charge < -0.3 is 10.3 Å². The van der Waals surface area contributed by atoms with Crippen molar-refractivity contribution in [2.24, 2.45) is 11.3 Å². The van der Waals surface area contributed by atoms with Gasteiger partial charge in [-0.3, -0.25) is 9.59 Å². The maximum Gasteiger partial charge on any atom is 0.304 e. The van der Waals surface area contributed by atoms with Crippen LogP contribution in [0.1, 0.15) is 25.5 Å². The molecule has 5 nitrogen and oxygen atoms in total. The molecule has 2 rings (SSSR count). The van der Waals surface area contributed by atoms with E-state index in [9.17, 15) is 9.59 Å². The van der Waals surface area contributed by atoms with Crippen LogP contribution in [-0.2, 0) is 11.3 Å². The molecule has 0 radical (unpaired) electrons. The fraction of sp³-hybridized carbons (Fsp3) is 0.545. The Morgan fingerprint density at radius 2 is 2.47 bits per heavy atom. The van der Waals surface area contributed by atoms with E-state index in [2.05, 4.69) is 16.4 Å². The first kappa shape index (κ1) is 11.9. The van der Waals surface area contributed by atoms with E-state index in [4.69, 9.17) is 5.26 Å². The van der Waals surface area contributed by atoms with Gasteiger partial charge in [-0.1, -0.05) is 18.3 Å². The molecule has 17 heavy (non-hydrogen) atoms. The Kier molecular flexibility index (Phi) is 3.03. The van der Waals surface area contributed by atoms with Crippen LogP contribution in [0.15, 0.2) is 10.2 Å². The van der Waals surface area contributed by atoms with Crippen molar-refractivity contribution in [1.29, 1.82) is 5.26 Å². The molecule has 1 aromatic rings. The van der Waals surface area contributed by atoms with Crippen molar-refractivity contribution in [1.82, 2.24) is 10.3 Å². The highest BCUT2D eigenvalue weighted by Crippen LogP contribution is 2.45. The van der Waals surface area contributed by atoms with Gasteiger partial charge in [-0.05, 0) is 18.8 Å². The molecule has 2 N–H and O–H groups in total. The smallest absolute Gasteiger partial charge is 0.304 e.